The number of thiocarbonyl (C=S) groups is 1. The van der Waals surface area contributed by atoms with Crippen molar-refractivity contribution in [3.8, 4) is 0 Å². The topological polar surface area (TPSA) is 144 Å². The molecule has 0 aromatic carbocycles. The van der Waals surface area contributed by atoms with Crippen molar-refractivity contribution in [1.82, 2.24) is 15.2 Å². The fourth-order valence-corrected chi connectivity index (χ4v) is 7.10. The molecule has 0 bridgehead atoms. The summed E-state index contributed by atoms with van der Waals surface area (Å²) in [5.74, 6) is -2.06. The summed E-state index contributed by atoms with van der Waals surface area (Å²) in [5, 5.41) is 31.3. The Balaban J connectivity index is 1.38. The summed E-state index contributed by atoms with van der Waals surface area (Å²) in [7, 11) is 0. The third-order valence-electron chi connectivity index (χ3n) is 5.70. The monoisotopic (exact) mass is 615 g/mol. The van der Waals surface area contributed by atoms with Crippen LogP contribution in [0.5, 0.6) is 0 Å². The van der Waals surface area contributed by atoms with Gasteiger partial charge in [0.15, 0.2) is 18.9 Å². The Morgan fingerprint density at radius 2 is 1.92 bits per heavy atom. The Kier molecular flexibility index (Phi) is 9.16. The molecule has 2 aromatic rings. The van der Waals surface area contributed by atoms with E-state index < -0.39 is 29.5 Å². The third-order valence-corrected chi connectivity index (χ3v) is 8.78. The first-order valence-electron chi connectivity index (χ1n) is 11.1. The molecule has 4 heterocycles. The summed E-state index contributed by atoms with van der Waals surface area (Å²) in [6.07, 6.45) is 2.06. The van der Waals surface area contributed by atoms with Crippen molar-refractivity contribution in [3.05, 3.63) is 63.8 Å². The van der Waals surface area contributed by atoms with Crippen LogP contribution in [0.25, 0.3) is 0 Å². The average molecular weight is 617 g/mol. The van der Waals surface area contributed by atoms with Crippen LogP contribution in [-0.2, 0) is 27.3 Å². The number of aromatic nitrogens is 2. The van der Waals surface area contributed by atoms with Gasteiger partial charge in [-0.3, -0.25) is 9.69 Å². The van der Waals surface area contributed by atoms with Crippen molar-refractivity contribution >= 4 is 81.8 Å². The number of hydrogen-bond donors (Lipinski definition) is 4. The Morgan fingerprint density at radius 3 is 2.53 bits per heavy atom. The molecule has 2 aliphatic rings. The highest BCUT2D eigenvalue weighted by atomic mass is 35.5. The number of nitrogens with one attached hydrogen (secondary N) is 1. The number of aliphatic hydroxyl groups excluding tert-OH is 1. The van der Waals surface area contributed by atoms with Crippen molar-refractivity contribution in [2.24, 2.45) is 0 Å². The molecular weight excluding hydrogens is 595 g/mol. The van der Waals surface area contributed by atoms with Crippen LogP contribution in [0.4, 0.5) is 0 Å². The maximum absolute atomic E-state index is 13.0. The van der Waals surface area contributed by atoms with E-state index in [-0.39, 0.29) is 28.5 Å². The number of pyridine rings is 2. The van der Waals surface area contributed by atoms with E-state index in [1.807, 2.05) is 0 Å². The van der Waals surface area contributed by atoms with Gasteiger partial charge in [-0.2, -0.15) is 0 Å². The lowest BCUT2D eigenvalue weighted by Gasteiger charge is -2.49. The number of rotatable bonds is 10. The highest BCUT2D eigenvalue weighted by Crippen LogP contribution is 2.41. The van der Waals surface area contributed by atoms with E-state index >= 15 is 0 Å². The van der Waals surface area contributed by atoms with Gasteiger partial charge in [0.2, 0.25) is 6.10 Å². The van der Waals surface area contributed by atoms with Crippen LogP contribution >= 0.6 is 58.9 Å². The third kappa shape index (κ3) is 6.58. The van der Waals surface area contributed by atoms with E-state index in [9.17, 15) is 24.6 Å². The highest BCUT2D eigenvalue weighted by Gasteiger charge is 2.53. The number of carboxylic acid groups (broad SMARTS) is 2. The lowest BCUT2D eigenvalue weighted by Crippen LogP contribution is -2.70. The molecule has 0 aliphatic carbocycles. The van der Waals surface area contributed by atoms with Crippen molar-refractivity contribution < 1.29 is 34.3 Å². The van der Waals surface area contributed by atoms with Crippen molar-refractivity contribution in [2.75, 3.05) is 11.5 Å². The number of thioether (sulfide) groups is 2. The van der Waals surface area contributed by atoms with E-state index in [0.29, 0.717) is 28.5 Å². The summed E-state index contributed by atoms with van der Waals surface area (Å²) in [6, 6.07) is 6.11. The molecule has 15 heteroatoms. The average Bonchev–Trinajstić information content (AvgIpc) is 2.85. The standard InChI is InChI=1S/C23H20Cl2N4O6S3/c24-15-5-11(6-16(25)26-15)7-17(36)27-18-20(31)29-19(23(34)35)12(10-38-21(18)29)9-37-13-1-3-28(4-2-13)8-14(30)22(32)33/h1-6,14,18,21,30H,7-10H2,(H2-,27,32,33,34,35,36)/p+1/t14?,18-,21+/m0/s1. The molecule has 0 spiro atoms. The van der Waals surface area contributed by atoms with Gasteiger partial charge in [-0.25, -0.2) is 19.1 Å². The van der Waals surface area contributed by atoms with Gasteiger partial charge in [-0.15, -0.1) is 23.5 Å². The first-order chi connectivity index (χ1) is 18.0. The summed E-state index contributed by atoms with van der Waals surface area (Å²) >= 11 is 20.1. The zero-order valence-electron chi connectivity index (χ0n) is 19.4. The van der Waals surface area contributed by atoms with E-state index in [4.69, 9.17) is 40.5 Å². The zero-order chi connectivity index (χ0) is 27.6. The Morgan fingerprint density at radius 1 is 1.26 bits per heavy atom. The van der Waals surface area contributed by atoms with Gasteiger partial charge in [-0.05, 0) is 23.3 Å². The molecule has 1 saturated heterocycles. The number of carboxylic acids is 2. The summed E-state index contributed by atoms with van der Waals surface area (Å²) in [5.41, 5.74) is 1.35. The maximum atomic E-state index is 13.0. The summed E-state index contributed by atoms with van der Waals surface area (Å²) in [6.45, 7) is -0.0909. The normalized spacial score (nSPS) is 19.4. The molecule has 2 aromatic heterocycles. The second-order valence-corrected chi connectivity index (χ2v) is 11.8. The second kappa shape index (κ2) is 12.2. The first-order valence-corrected chi connectivity index (χ1v) is 14.3. The number of carbonyl (C=O) groups is 3. The van der Waals surface area contributed by atoms with Crippen LogP contribution in [-0.4, -0.2) is 77.1 Å². The Bertz CT molecular complexity index is 1310. The maximum Gasteiger partial charge on any atom is 0.352 e. The lowest BCUT2D eigenvalue weighted by atomic mass is 10.0. The second-order valence-electron chi connectivity index (χ2n) is 8.38. The van der Waals surface area contributed by atoms with Gasteiger partial charge >= 0.3 is 11.9 Å². The molecule has 3 atom stereocenters. The van der Waals surface area contributed by atoms with Gasteiger partial charge < -0.3 is 20.6 Å². The quantitative estimate of drug-likeness (QED) is 0.102. The van der Waals surface area contributed by atoms with E-state index in [2.05, 4.69) is 10.3 Å². The lowest BCUT2D eigenvalue weighted by molar-refractivity contribution is -0.702. The van der Waals surface area contributed by atoms with Crippen molar-refractivity contribution in [2.45, 2.75) is 35.4 Å². The Labute approximate surface area is 241 Å². The molecule has 0 radical (unpaired) electrons. The van der Waals surface area contributed by atoms with Crippen LogP contribution < -0.4 is 9.88 Å². The smallest absolute Gasteiger partial charge is 0.352 e. The van der Waals surface area contributed by atoms with Crippen molar-refractivity contribution in [1.29, 1.82) is 0 Å². The minimum absolute atomic E-state index is 0.0153. The predicted molar refractivity (Wildman–Crippen MR) is 146 cm³/mol. The molecule has 200 valence electrons. The van der Waals surface area contributed by atoms with Crippen LogP contribution in [0.15, 0.2) is 52.8 Å². The van der Waals surface area contributed by atoms with Gasteiger partial charge in [0.25, 0.3) is 5.91 Å². The predicted octanol–water partition coefficient (Wildman–Crippen LogP) is 2.00. The number of nitrogens with zero attached hydrogens (tertiary/aromatic N) is 3. The number of amides is 1. The van der Waals surface area contributed by atoms with Gasteiger partial charge in [0.05, 0.1) is 4.99 Å². The molecule has 10 nitrogen and oxygen atoms in total. The summed E-state index contributed by atoms with van der Waals surface area (Å²) < 4.78 is 1.54. The number of carbonyl (C=O) groups excluding carboxylic acids is 1. The van der Waals surface area contributed by atoms with E-state index in [0.717, 1.165) is 10.5 Å². The summed E-state index contributed by atoms with van der Waals surface area (Å²) in [4.78, 5) is 42.3. The van der Waals surface area contributed by atoms with Gasteiger partial charge in [0.1, 0.15) is 27.4 Å². The van der Waals surface area contributed by atoms with Crippen LogP contribution in [0, 0.1) is 0 Å². The minimum Gasteiger partial charge on any atom is -0.479 e. The molecule has 4 rings (SSSR count). The number of halogens is 2. The minimum atomic E-state index is -1.51. The molecule has 0 saturated carbocycles. The fraction of sp³-hybridized carbons (Fsp3) is 0.304. The SMILES string of the molecule is O=C(O)C1=C(CSc2cc[n+](CC(O)C(=O)O)cc2)CS[C@@H]2[C@@H](NC(=S)Cc3cc(Cl)nc(Cl)c3)C(=O)N12. The molecule has 4 N–H and O–H groups in total. The van der Waals surface area contributed by atoms with Crippen LogP contribution in [0.2, 0.25) is 10.3 Å². The first kappa shape index (κ1) is 28.6. The molecule has 1 unspecified atom stereocenters. The van der Waals surface area contributed by atoms with Crippen molar-refractivity contribution in [3.63, 3.8) is 0 Å². The number of aliphatic hydroxyl groups is 1. The molecule has 1 amide bonds. The largest absolute Gasteiger partial charge is 0.479 e. The fourth-order valence-electron chi connectivity index (χ4n) is 3.93. The van der Waals surface area contributed by atoms with Crippen LogP contribution in [0.3, 0.4) is 0 Å². The molecule has 1 fully saturated rings. The number of β-lactam (4-membered cyclic amide) rings is 1. The zero-order valence-corrected chi connectivity index (χ0v) is 23.4. The number of hydrogen-bond acceptors (Lipinski definition) is 8. The Hall–Kier alpha value is -2.42. The highest BCUT2D eigenvalue weighted by molar-refractivity contribution is 8.01. The molecule has 2 aliphatic heterocycles. The van der Waals surface area contributed by atoms with E-state index in [1.54, 1.807) is 41.2 Å². The van der Waals surface area contributed by atoms with Gasteiger partial charge in [-0.1, -0.05) is 35.4 Å². The molecule has 38 heavy (non-hydrogen) atoms. The number of aliphatic carboxylic acids is 2. The van der Waals surface area contributed by atoms with Gasteiger partial charge in [0, 0.05) is 35.0 Å². The van der Waals surface area contributed by atoms with Crippen LogP contribution in [0.1, 0.15) is 5.56 Å². The van der Waals surface area contributed by atoms with E-state index in [1.165, 1.54) is 28.4 Å². The number of fused-ring (bicyclic) bond motifs is 1. The molecular formula is C23H21Cl2N4O6S3+.